The molecule has 5 aliphatic carbocycles. The number of rotatable bonds is 15. The number of hydrogen-bond donors (Lipinski definition) is 9. The number of nitrogens with zero attached hydrogens (tertiary/aromatic N) is 15. The van der Waals surface area contributed by atoms with Crippen LogP contribution in [0.25, 0.3) is 141 Å². The van der Waals surface area contributed by atoms with Gasteiger partial charge in [-0.15, -0.1) is 0 Å². The lowest BCUT2D eigenvalue weighted by Crippen LogP contribution is -2.11. The van der Waals surface area contributed by atoms with E-state index < -0.39 is 29.8 Å². The summed E-state index contributed by atoms with van der Waals surface area (Å²) in [6.07, 6.45) is 23.5. The van der Waals surface area contributed by atoms with E-state index in [0.717, 1.165) is 216 Å². The van der Waals surface area contributed by atoms with Crippen molar-refractivity contribution in [1.82, 2.24) is 73.1 Å². The standard InChI is InChI=1S/4C23H17N3O3.C23H17N3O2/c27-22-9-6-15(10-17(22)23(28)29)26-20-8-7-19-18(12-24-13-25-19)16(20)11-21(26)14-4-2-1-3-5-14;27-21-9-6-15(12-17(21)23(28)29)26-19-8-7-18-22(25-11-10-24-18)16(19)13-20(26)14-4-2-1-3-5-14;27-22-9-6-15(12-18(22)23(28)29)26-20-8-7-19-16(10-11-24-25-19)17(20)13-21(26)14-4-2-1-3-5-14;27-22-9-7-16(10-18(22)23(28)29)26-20-8-6-15-12-24-25-13-19(15)17(20)11-21(26)14-4-2-1-3-5-14;27-23(28)20-13-16(10-12-25-20)26-21-9-8-15-5-1-2-6-17(15)18(21)14-22(26)19-7-3-4-11-24-19/h3*1-6,9-13,27H,7-8H2,(H,28,29);1-5,7,9-13,27H,6,8H2,(H,28,29);1-7,10-14H,8-9H2,(H,27,28). The predicted octanol–water partition coefficient (Wildman–Crippen LogP) is 20.8. The van der Waals surface area contributed by atoms with Crippen molar-refractivity contribution in [3.8, 4) is 164 Å². The molecule has 0 radical (unpaired) electrons. The zero-order chi connectivity index (χ0) is 98.9. The molecule has 25 rings (SSSR count). The number of phenols is 4. The molecule has 20 aromatic rings. The Morgan fingerprint density at radius 3 is 1.15 bits per heavy atom. The van der Waals surface area contributed by atoms with Crippen LogP contribution in [0.4, 0.5) is 0 Å². The van der Waals surface area contributed by atoms with Crippen LogP contribution in [-0.2, 0) is 64.2 Å². The minimum Gasteiger partial charge on any atom is -0.507 e. The maximum atomic E-state index is 11.6. The van der Waals surface area contributed by atoms with E-state index >= 15 is 0 Å². The van der Waals surface area contributed by atoms with Gasteiger partial charge < -0.3 is 68.8 Å². The molecule has 5 aliphatic rings. The van der Waals surface area contributed by atoms with Gasteiger partial charge in [0.2, 0.25) is 0 Å². The second kappa shape index (κ2) is 38.8. The molecular formula is C115H85N15O14. The average Bonchev–Trinajstić information content (AvgIpc) is 1.61. The molecule has 0 bridgehead atoms. The maximum Gasteiger partial charge on any atom is 0.354 e. The number of aromatic nitrogens is 15. The van der Waals surface area contributed by atoms with Crippen molar-refractivity contribution >= 4 is 29.8 Å². The highest BCUT2D eigenvalue weighted by Gasteiger charge is 2.34. The smallest absolute Gasteiger partial charge is 0.354 e. The van der Waals surface area contributed by atoms with E-state index in [-0.39, 0.29) is 50.9 Å². The SMILES string of the molecule is O=C(O)c1cc(-n2c(-c3ccccc3)cc3c2CCc2cnncc2-3)ccc1O.O=C(O)c1cc(-n2c(-c3ccccc3)cc3c2CCc2nccnc2-3)ccc1O.O=C(O)c1cc(-n2c(-c3ccccc3)cc3c2CCc2ncncc2-3)ccc1O.O=C(O)c1cc(-n2c(-c3ccccc3)cc3c2CCc2nnccc2-3)ccc1O.O=C(O)c1cc(-n2c(-c3ccccn3)cc3c2CCc2ccccc2-3)ccn1. The lowest BCUT2D eigenvalue weighted by molar-refractivity contribution is 0.0680. The number of aromatic hydroxyl groups is 4. The number of carboxylic acids is 5. The third kappa shape index (κ3) is 17.4. The number of carbonyl (C=O) groups is 5. The number of benzene rings is 9. The summed E-state index contributed by atoms with van der Waals surface area (Å²) in [4.78, 5) is 83.9. The summed E-state index contributed by atoms with van der Waals surface area (Å²) in [5, 5.41) is 103. The van der Waals surface area contributed by atoms with E-state index in [0.29, 0.717) is 22.7 Å². The van der Waals surface area contributed by atoms with Crippen LogP contribution in [-0.4, -0.2) is 149 Å². The molecule has 0 amide bonds. The van der Waals surface area contributed by atoms with Crippen molar-refractivity contribution in [1.29, 1.82) is 0 Å². The highest BCUT2D eigenvalue weighted by atomic mass is 16.4. The van der Waals surface area contributed by atoms with Gasteiger partial charge in [0.05, 0.1) is 75.5 Å². The Labute approximate surface area is 821 Å². The third-order valence-corrected chi connectivity index (χ3v) is 26.5. The predicted molar refractivity (Wildman–Crippen MR) is 540 cm³/mol. The van der Waals surface area contributed by atoms with Gasteiger partial charge in [-0.3, -0.25) is 15.0 Å². The molecule has 9 aromatic carbocycles. The Bertz CT molecular complexity index is 7660. The second-order valence-electron chi connectivity index (χ2n) is 34.7. The van der Waals surface area contributed by atoms with Gasteiger partial charge in [-0.25, -0.2) is 38.9 Å². The summed E-state index contributed by atoms with van der Waals surface area (Å²) >= 11 is 0. The Hall–Kier alpha value is -19.4. The minimum absolute atomic E-state index is 0.0307. The van der Waals surface area contributed by atoms with Crippen LogP contribution in [0.2, 0.25) is 0 Å². The average molecular weight is 1900 g/mol. The van der Waals surface area contributed by atoms with Crippen molar-refractivity contribution in [2.45, 2.75) is 64.2 Å². The van der Waals surface area contributed by atoms with E-state index in [9.17, 15) is 69.9 Å². The molecule has 0 atom stereocenters. The highest BCUT2D eigenvalue weighted by Crippen LogP contribution is 2.48. The first-order valence-corrected chi connectivity index (χ1v) is 46.4. The number of hydrogen-bond acceptors (Lipinski definition) is 19. The Morgan fingerprint density at radius 1 is 0.250 bits per heavy atom. The van der Waals surface area contributed by atoms with Crippen molar-refractivity contribution in [2.24, 2.45) is 0 Å². The topological polar surface area (TPSA) is 421 Å². The van der Waals surface area contributed by atoms with Gasteiger partial charge in [0.1, 0.15) is 57.3 Å². The third-order valence-electron chi connectivity index (χ3n) is 26.5. The van der Waals surface area contributed by atoms with Crippen molar-refractivity contribution in [3.63, 3.8) is 0 Å². The fourth-order valence-corrected chi connectivity index (χ4v) is 19.9. The Kier molecular flexibility index (Phi) is 24.5. The van der Waals surface area contributed by atoms with Crippen molar-refractivity contribution < 1.29 is 69.9 Å². The Morgan fingerprint density at radius 2 is 0.653 bits per heavy atom. The lowest BCUT2D eigenvalue weighted by Gasteiger charge is -2.20. The van der Waals surface area contributed by atoms with Crippen LogP contribution in [0, 0.1) is 0 Å². The van der Waals surface area contributed by atoms with Gasteiger partial charge in [-0.2, -0.15) is 20.4 Å². The molecule has 0 saturated carbocycles. The molecule has 0 fully saturated rings. The number of carboxylic acid groups (broad SMARTS) is 5. The first-order chi connectivity index (χ1) is 70.2. The summed E-state index contributed by atoms with van der Waals surface area (Å²) in [5.41, 5.74) is 34.3. The quantitative estimate of drug-likeness (QED) is 0.0460. The second-order valence-corrected chi connectivity index (χ2v) is 34.7. The molecule has 29 heteroatoms. The van der Waals surface area contributed by atoms with Crippen LogP contribution in [0.3, 0.4) is 0 Å². The molecular weight excluding hydrogens is 1820 g/mol. The van der Waals surface area contributed by atoms with Crippen LogP contribution < -0.4 is 0 Å². The minimum atomic E-state index is -1.16. The first kappa shape index (κ1) is 91.0. The van der Waals surface area contributed by atoms with Crippen molar-refractivity contribution in [3.05, 3.63) is 426 Å². The maximum absolute atomic E-state index is 11.6. The molecule has 0 saturated heterocycles. The number of aryl methyl sites for hydroxylation is 5. The van der Waals surface area contributed by atoms with Crippen molar-refractivity contribution in [2.75, 3.05) is 0 Å². The van der Waals surface area contributed by atoms with Gasteiger partial charge >= 0.3 is 29.8 Å². The fourth-order valence-electron chi connectivity index (χ4n) is 19.9. The van der Waals surface area contributed by atoms with Gasteiger partial charge in [-0.05, 0) is 237 Å². The van der Waals surface area contributed by atoms with Gasteiger partial charge in [0.15, 0.2) is 0 Å². The van der Waals surface area contributed by atoms with Crippen LogP contribution >= 0.6 is 0 Å². The van der Waals surface area contributed by atoms with E-state index in [1.54, 1.807) is 80.0 Å². The van der Waals surface area contributed by atoms with E-state index in [1.165, 1.54) is 70.9 Å². The molecule has 704 valence electrons. The fraction of sp³-hybridized carbons (Fsp3) is 0.0870. The normalized spacial score (nSPS) is 12.3. The van der Waals surface area contributed by atoms with Gasteiger partial charge in [-0.1, -0.05) is 152 Å². The van der Waals surface area contributed by atoms with Crippen LogP contribution in [0.5, 0.6) is 23.0 Å². The van der Waals surface area contributed by atoms with Crippen LogP contribution in [0.1, 0.15) is 109 Å². The van der Waals surface area contributed by atoms with Gasteiger partial charge in [0.25, 0.3) is 0 Å². The summed E-state index contributed by atoms with van der Waals surface area (Å²) in [7, 11) is 0. The molecule has 0 unspecified atom stereocenters. The zero-order valence-corrected chi connectivity index (χ0v) is 76.7. The Balaban J connectivity index is 0.000000106. The van der Waals surface area contributed by atoms with E-state index in [2.05, 4.69) is 128 Å². The molecule has 0 aliphatic heterocycles. The molecule has 29 nitrogen and oxygen atoms in total. The monoisotopic (exact) mass is 1900 g/mol. The van der Waals surface area contributed by atoms with E-state index in [4.69, 9.17) is 0 Å². The summed E-state index contributed by atoms with van der Waals surface area (Å²) < 4.78 is 10.4. The van der Waals surface area contributed by atoms with Gasteiger partial charge in [0, 0.05) is 132 Å². The first-order valence-electron chi connectivity index (χ1n) is 46.4. The largest absolute Gasteiger partial charge is 0.507 e. The lowest BCUT2D eigenvalue weighted by atomic mass is 9.90. The number of fused-ring (bicyclic) bond motifs is 15. The van der Waals surface area contributed by atoms with Crippen LogP contribution in [0.15, 0.2) is 341 Å². The molecule has 9 N–H and O–H groups in total. The summed E-state index contributed by atoms with van der Waals surface area (Å²) in [5.74, 6) is -6.67. The summed E-state index contributed by atoms with van der Waals surface area (Å²) in [6.45, 7) is 0. The molecule has 0 spiro atoms. The summed E-state index contributed by atoms with van der Waals surface area (Å²) in [6, 6.07) is 88.9. The molecule has 11 aromatic heterocycles. The molecule has 144 heavy (non-hydrogen) atoms. The number of pyridine rings is 2. The highest BCUT2D eigenvalue weighted by molar-refractivity contribution is 5.96. The van der Waals surface area contributed by atoms with E-state index in [1.807, 2.05) is 158 Å². The molecule has 11 heterocycles. The number of aromatic carboxylic acids is 5. The zero-order valence-electron chi connectivity index (χ0n) is 76.7.